The number of fused-ring (bicyclic) bond motifs is 1. The molecule has 0 aliphatic carbocycles. The quantitative estimate of drug-likeness (QED) is 0.378. The number of rotatable bonds is 4. The standard InChI is InChI=1S/C19H13BrO4/c1-23-17-5-3-2-4-12(17)6-8-16(21)15-11-13-10-14(20)7-9-18(13)24-19(15)22/h2-11H,1H3/b8-6+. The SMILES string of the molecule is COc1ccccc1/C=C/C(=O)c1cc2cc(Br)ccc2oc1=O. The highest BCUT2D eigenvalue weighted by atomic mass is 79.9. The molecule has 120 valence electrons. The number of para-hydroxylation sites is 1. The van der Waals surface area contributed by atoms with Crippen LogP contribution in [0, 0.1) is 0 Å². The van der Waals surface area contributed by atoms with Gasteiger partial charge in [0.1, 0.15) is 16.9 Å². The number of benzene rings is 2. The molecule has 0 bridgehead atoms. The lowest BCUT2D eigenvalue weighted by molar-refractivity contribution is 0.104. The zero-order chi connectivity index (χ0) is 17.1. The van der Waals surface area contributed by atoms with Crippen LogP contribution >= 0.6 is 15.9 Å². The van der Waals surface area contributed by atoms with Crippen LogP contribution in [0.25, 0.3) is 17.0 Å². The third-order valence-corrected chi connectivity index (χ3v) is 4.01. The second-order valence-electron chi connectivity index (χ2n) is 5.07. The van der Waals surface area contributed by atoms with Crippen LogP contribution in [0.15, 0.2) is 68.3 Å². The summed E-state index contributed by atoms with van der Waals surface area (Å²) in [5.41, 5.74) is 0.529. The fraction of sp³-hybridized carbons (Fsp3) is 0.0526. The molecule has 0 N–H and O–H groups in total. The lowest BCUT2D eigenvalue weighted by Crippen LogP contribution is -2.11. The zero-order valence-corrected chi connectivity index (χ0v) is 14.4. The van der Waals surface area contributed by atoms with Gasteiger partial charge in [-0.2, -0.15) is 0 Å². The van der Waals surface area contributed by atoms with Crippen molar-refractivity contribution in [2.45, 2.75) is 0 Å². The van der Waals surface area contributed by atoms with Crippen LogP contribution in [0.5, 0.6) is 5.75 Å². The smallest absolute Gasteiger partial charge is 0.347 e. The molecular weight excluding hydrogens is 372 g/mol. The van der Waals surface area contributed by atoms with Gasteiger partial charge in [-0.25, -0.2) is 4.79 Å². The number of allylic oxidation sites excluding steroid dienone is 1. The van der Waals surface area contributed by atoms with Crippen molar-refractivity contribution in [1.82, 2.24) is 0 Å². The summed E-state index contributed by atoms with van der Waals surface area (Å²) >= 11 is 3.36. The highest BCUT2D eigenvalue weighted by molar-refractivity contribution is 9.10. The third kappa shape index (κ3) is 3.31. The number of hydrogen-bond acceptors (Lipinski definition) is 4. The molecule has 4 nitrogen and oxygen atoms in total. The summed E-state index contributed by atoms with van der Waals surface area (Å²) in [6.07, 6.45) is 2.96. The number of ketones is 1. The number of halogens is 1. The van der Waals surface area contributed by atoms with Gasteiger partial charge in [0, 0.05) is 15.4 Å². The van der Waals surface area contributed by atoms with Crippen LogP contribution in [-0.4, -0.2) is 12.9 Å². The van der Waals surface area contributed by atoms with Crippen molar-refractivity contribution in [1.29, 1.82) is 0 Å². The van der Waals surface area contributed by atoms with Gasteiger partial charge in [-0.15, -0.1) is 0 Å². The first-order valence-electron chi connectivity index (χ1n) is 7.17. The zero-order valence-electron chi connectivity index (χ0n) is 12.8. The summed E-state index contributed by atoms with van der Waals surface area (Å²) in [5.74, 6) is 0.229. The number of methoxy groups -OCH3 is 1. The molecule has 0 unspecified atom stereocenters. The van der Waals surface area contributed by atoms with Crippen LogP contribution < -0.4 is 10.4 Å². The Morgan fingerprint density at radius 1 is 1.17 bits per heavy atom. The topological polar surface area (TPSA) is 56.5 Å². The molecule has 0 spiro atoms. The molecular formula is C19H13BrO4. The van der Waals surface area contributed by atoms with Crippen molar-refractivity contribution in [3.63, 3.8) is 0 Å². The van der Waals surface area contributed by atoms with E-state index in [1.54, 1.807) is 43.5 Å². The van der Waals surface area contributed by atoms with E-state index in [2.05, 4.69) is 15.9 Å². The van der Waals surface area contributed by atoms with Gasteiger partial charge >= 0.3 is 5.63 Å². The van der Waals surface area contributed by atoms with Crippen molar-refractivity contribution in [2.24, 2.45) is 0 Å². The summed E-state index contributed by atoms with van der Waals surface area (Å²) in [5, 5.41) is 0.679. The molecule has 0 aliphatic rings. The molecule has 1 aromatic heterocycles. The Balaban J connectivity index is 1.98. The predicted octanol–water partition coefficient (Wildman–Crippen LogP) is 4.46. The molecule has 0 saturated carbocycles. The Bertz CT molecular complexity index is 1000. The second kappa shape index (κ2) is 6.84. The van der Waals surface area contributed by atoms with Gasteiger partial charge in [-0.3, -0.25) is 4.79 Å². The molecule has 3 rings (SSSR count). The molecule has 3 aromatic rings. The van der Waals surface area contributed by atoms with Crippen molar-refractivity contribution in [2.75, 3.05) is 7.11 Å². The average molecular weight is 385 g/mol. The minimum Gasteiger partial charge on any atom is -0.496 e. The van der Waals surface area contributed by atoms with E-state index >= 15 is 0 Å². The lowest BCUT2D eigenvalue weighted by Gasteiger charge is -2.03. The van der Waals surface area contributed by atoms with E-state index in [-0.39, 0.29) is 5.56 Å². The minimum atomic E-state index is -0.653. The number of carbonyl (C=O) groups excluding carboxylic acids is 1. The highest BCUT2D eigenvalue weighted by Gasteiger charge is 2.11. The van der Waals surface area contributed by atoms with E-state index in [4.69, 9.17) is 9.15 Å². The number of hydrogen-bond donors (Lipinski definition) is 0. The molecule has 5 heteroatoms. The van der Waals surface area contributed by atoms with Gasteiger partial charge in [0.05, 0.1) is 7.11 Å². The van der Waals surface area contributed by atoms with E-state index < -0.39 is 11.4 Å². The molecule has 2 aromatic carbocycles. The van der Waals surface area contributed by atoms with Gasteiger partial charge in [0.2, 0.25) is 0 Å². The Morgan fingerprint density at radius 2 is 1.96 bits per heavy atom. The van der Waals surface area contributed by atoms with Crippen LogP contribution in [0.2, 0.25) is 0 Å². The molecule has 0 aliphatic heterocycles. The molecule has 0 fully saturated rings. The van der Waals surface area contributed by atoms with Crippen LogP contribution in [-0.2, 0) is 0 Å². The monoisotopic (exact) mass is 384 g/mol. The molecule has 0 atom stereocenters. The molecule has 1 heterocycles. The number of carbonyl (C=O) groups is 1. The van der Waals surface area contributed by atoms with Gasteiger partial charge in [-0.1, -0.05) is 34.1 Å². The Hall–Kier alpha value is -2.66. The van der Waals surface area contributed by atoms with E-state index in [0.717, 1.165) is 10.0 Å². The van der Waals surface area contributed by atoms with Crippen molar-refractivity contribution in [3.8, 4) is 5.75 Å². The maximum absolute atomic E-state index is 12.4. The van der Waals surface area contributed by atoms with Crippen LogP contribution in [0.3, 0.4) is 0 Å². The van der Waals surface area contributed by atoms with E-state index in [1.807, 2.05) is 18.2 Å². The summed E-state index contributed by atoms with van der Waals surface area (Å²) in [7, 11) is 1.56. The van der Waals surface area contributed by atoms with E-state index in [0.29, 0.717) is 16.7 Å². The van der Waals surface area contributed by atoms with Crippen molar-refractivity contribution < 1.29 is 13.9 Å². The van der Waals surface area contributed by atoms with E-state index in [9.17, 15) is 9.59 Å². The molecule has 24 heavy (non-hydrogen) atoms. The Labute approximate surface area is 146 Å². The van der Waals surface area contributed by atoms with Crippen LogP contribution in [0.1, 0.15) is 15.9 Å². The largest absolute Gasteiger partial charge is 0.496 e. The summed E-state index contributed by atoms with van der Waals surface area (Å²) in [6, 6.07) is 14.1. The Kier molecular flexibility index (Phi) is 4.62. The molecule has 0 radical (unpaired) electrons. The predicted molar refractivity (Wildman–Crippen MR) is 96.5 cm³/mol. The summed E-state index contributed by atoms with van der Waals surface area (Å²) < 4.78 is 11.3. The van der Waals surface area contributed by atoms with Crippen molar-refractivity contribution >= 4 is 38.8 Å². The first-order chi connectivity index (χ1) is 11.6. The first-order valence-corrected chi connectivity index (χ1v) is 7.96. The Morgan fingerprint density at radius 3 is 2.75 bits per heavy atom. The lowest BCUT2D eigenvalue weighted by atomic mass is 10.1. The maximum Gasteiger partial charge on any atom is 0.347 e. The average Bonchev–Trinajstić information content (AvgIpc) is 2.59. The highest BCUT2D eigenvalue weighted by Crippen LogP contribution is 2.21. The molecule has 0 amide bonds. The fourth-order valence-electron chi connectivity index (χ4n) is 2.33. The fourth-order valence-corrected chi connectivity index (χ4v) is 2.70. The number of ether oxygens (including phenoxy) is 1. The van der Waals surface area contributed by atoms with Gasteiger partial charge in [0.25, 0.3) is 0 Å². The first kappa shape index (κ1) is 16.2. The minimum absolute atomic E-state index is 0.00764. The molecule has 0 saturated heterocycles. The maximum atomic E-state index is 12.4. The van der Waals surface area contributed by atoms with Gasteiger partial charge in [0.15, 0.2) is 5.78 Å². The summed E-state index contributed by atoms with van der Waals surface area (Å²) in [6.45, 7) is 0. The van der Waals surface area contributed by atoms with Gasteiger partial charge < -0.3 is 9.15 Å². The van der Waals surface area contributed by atoms with Crippen LogP contribution in [0.4, 0.5) is 0 Å². The summed E-state index contributed by atoms with van der Waals surface area (Å²) in [4.78, 5) is 24.4. The normalized spacial score (nSPS) is 11.1. The second-order valence-corrected chi connectivity index (χ2v) is 5.98. The van der Waals surface area contributed by atoms with Gasteiger partial charge in [-0.05, 0) is 42.5 Å². The van der Waals surface area contributed by atoms with Crippen molar-refractivity contribution in [3.05, 3.63) is 80.6 Å². The third-order valence-electron chi connectivity index (χ3n) is 3.51. The van der Waals surface area contributed by atoms with E-state index in [1.165, 1.54) is 6.08 Å².